The lowest BCUT2D eigenvalue weighted by atomic mass is 9.97. The van der Waals surface area contributed by atoms with Crippen LogP contribution in [0, 0.1) is 0 Å². The first-order valence-electron chi connectivity index (χ1n) is 6.15. The van der Waals surface area contributed by atoms with Gasteiger partial charge in [0.2, 0.25) is 0 Å². The van der Waals surface area contributed by atoms with E-state index in [0.29, 0.717) is 22.0 Å². The number of nitrogens with zero attached hydrogens (tertiary/aromatic N) is 1. The van der Waals surface area contributed by atoms with E-state index in [0.717, 1.165) is 6.42 Å². The summed E-state index contributed by atoms with van der Waals surface area (Å²) < 4.78 is 4.80. The fraction of sp³-hybridized carbons (Fsp3) is 0.500. The molecule has 0 saturated heterocycles. The van der Waals surface area contributed by atoms with E-state index in [9.17, 15) is 4.79 Å². The van der Waals surface area contributed by atoms with Crippen LogP contribution in [0.5, 0.6) is 0 Å². The van der Waals surface area contributed by atoms with Gasteiger partial charge in [0.25, 0.3) is 0 Å². The number of benzene rings is 1. The van der Waals surface area contributed by atoms with Crippen molar-refractivity contribution in [3.05, 3.63) is 22.7 Å². The Labute approximate surface area is 119 Å². The van der Waals surface area contributed by atoms with Gasteiger partial charge in [-0.1, -0.05) is 18.5 Å². The zero-order valence-electron chi connectivity index (χ0n) is 12.1. The predicted molar refractivity (Wildman–Crippen MR) is 80.0 cm³/mol. The summed E-state index contributed by atoms with van der Waals surface area (Å²) in [6, 6.07) is 3.24. The average molecular weight is 285 g/mol. The summed E-state index contributed by atoms with van der Waals surface area (Å²) in [6.07, 6.45) is 0.908. The summed E-state index contributed by atoms with van der Waals surface area (Å²) in [5, 5.41) is 0.449. The van der Waals surface area contributed by atoms with E-state index in [1.807, 2.05) is 11.9 Å². The van der Waals surface area contributed by atoms with Crippen molar-refractivity contribution < 1.29 is 9.53 Å². The van der Waals surface area contributed by atoms with Crippen LogP contribution < -0.4 is 10.6 Å². The van der Waals surface area contributed by atoms with Gasteiger partial charge in [-0.05, 0) is 32.4 Å². The molecule has 106 valence electrons. The van der Waals surface area contributed by atoms with Crippen molar-refractivity contribution in [3.63, 3.8) is 0 Å². The lowest BCUT2D eigenvalue weighted by Gasteiger charge is -2.38. The molecule has 0 aliphatic rings. The molecule has 2 N–H and O–H groups in total. The molecular formula is C14H21ClN2O2. The zero-order chi connectivity index (χ0) is 14.8. The molecule has 0 amide bonds. The zero-order valence-corrected chi connectivity index (χ0v) is 12.8. The lowest BCUT2D eigenvalue weighted by molar-refractivity contribution is 0.0601. The first-order valence-corrected chi connectivity index (χ1v) is 6.53. The highest BCUT2D eigenvalue weighted by Crippen LogP contribution is 2.36. The Morgan fingerprint density at radius 2 is 2.05 bits per heavy atom. The number of carbonyl (C=O) groups is 1. The summed E-state index contributed by atoms with van der Waals surface area (Å²) >= 11 is 6.26. The predicted octanol–water partition coefficient (Wildman–Crippen LogP) is 3.33. The third kappa shape index (κ3) is 3.13. The van der Waals surface area contributed by atoms with Crippen LogP contribution in [0.15, 0.2) is 12.1 Å². The van der Waals surface area contributed by atoms with Crippen molar-refractivity contribution in [1.29, 1.82) is 0 Å². The molecule has 1 aromatic carbocycles. The minimum Gasteiger partial charge on any atom is -0.465 e. The van der Waals surface area contributed by atoms with Gasteiger partial charge in [-0.25, -0.2) is 4.79 Å². The molecule has 0 radical (unpaired) electrons. The summed E-state index contributed by atoms with van der Waals surface area (Å²) in [6.45, 7) is 6.25. The Kier molecular flexibility index (Phi) is 4.69. The van der Waals surface area contributed by atoms with E-state index in [4.69, 9.17) is 22.1 Å². The Morgan fingerprint density at radius 1 is 1.47 bits per heavy atom. The van der Waals surface area contributed by atoms with Crippen LogP contribution in [0.1, 0.15) is 37.6 Å². The van der Waals surface area contributed by atoms with Crippen molar-refractivity contribution in [2.24, 2.45) is 0 Å². The summed E-state index contributed by atoms with van der Waals surface area (Å²) in [7, 11) is 3.25. The van der Waals surface area contributed by atoms with Crippen molar-refractivity contribution in [2.75, 3.05) is 24.8 Å². The highest BCUT2D eigenvalue weighted by molar-refractivity contribution is 6.34. The number of carbonyl (C=O) groups excluding carboxylic acids is 1. The van der Waals surface area contributed by atoms with Gasteiger partial charge in [0, 0.05) is 18.3 Å². The van der Waals surface area contributed by atoms with Crippen LogP contribution in [0.2, 0.25) is 5.02 Å². The molecule has 1 aromatic rings. The normalized spacial score (nSPS) is 11.3. The van der Waals surface area contributed by atoms with Crippen molar-refractivity contribution in [2.45, 2.75) is 32.7 Å². The van der Waals surface area contributed by atoms with Crippen LogP contribution >= 0.6 is 11.6 Å². The maximum Gasteiger partial charge on any atom is 0.340 e. The molecule has 1 rings (SSSR count). The largest absolute Gasteiger partial charge is 0.465 e. The Balaban J connectivity index is 3.45. The van der Waals surface area contributed by atoms with Crippen molar-refractivity contribution in [1.82, 2.24) is 0 Å². The van der Waals surface area contributed by atoms with E-state index in [1.54, 1.807) is 12.1 Å². The highest BCUT2D eigenvalue weighted by Gasteiger charge is 2.28. The summed E-state index contributed by atoms with van der Waals surface area (Å²) in [5.74, 6) is -0.442. The Bertz CT molecular complexity index is 487. The van der Waals surface area contributed by atoms with Gasteiger partial charge in [-0.3, -0.25) is 0 Å². The SMILES string of the molecule is CCC(C)(C)N(C)c1c(Cl)cc(N)cc1C(=O)OC. The molecule has 0 heterocycles. The van der Waals surface area contributed by atoms with Crippen molar-refractivity contribution >= 4 is 28.9 Å². The number of methoxy groups -OCH3 is 1. The number of hydrogen-bond acceptors (Lipinski definition) is 4. The average Bonchev–Trinajstić information content (AvgIpc) is 2.36. The fourth-order valence-corrected chi connectivity index (χ4v) is 2.12. The number of hydrogen-bond donors (Lipinski definition) is 1. The monoisotopic (exact) mass is 284 g/mol. The number of nitrogens with two attached hydrogens (primary N) is 1. The smallest absolute Gasteiger partial charge is 0.340 e. The van der Waals surface area contributed by atoms with E-state index in [2.05, 4.69) is 20.8 Å². The topological polar surface area (TPSA) is 55.6 Å². The number of esters is 1. The molecule has 0 aromatic heterocycles. The fourth-order valence-electron chi connectivity index (χ4n) is 1.77. The molecule has 4 nitrogen and oxygen atoms in total. The van der Waals surface area contributed by atoms with Crippen LogP contribution in [-0.2, 0) is 4.74 Å². The Hall–Kier alpha value is -1.42. The van der Waals surface area contributed by atoms with Gasteiger partial charge < -0.3 is 15.4 Å². The van der Waals surface area contributed by atoms with E-state index >= 15 is 0 Å². The second-order valence-electron chi connectivity index (χ2n) is 5.12. The van der Waals surface area contributed by atoms with Crippen molar-refractivity contribution in [3.8, 4) is 0 Å². The molecule has 0 unspecified atom stereocenters. The summed E-state index contributed by atoms with van der Waals surface area (Å²) in [5.41, 5.74) is 7.09. The number of nitrogen functional groups attached to an aromatic ring is 1. The van der Waals surface area contributed by atoms with Gasteiger partial charge in [-0.2, -0.15) is 0 Å². The first kappa shape index (κ1) is 15.6. The van der Waals surface area contributed by atoms with Crippen LogP contribution in [0.3, 0.4) is 0 Å². The van der Waals surface area contributed by atoms with Gasteiger partial charge in [0.05, 0.1) is 23.4 Å². The molecule has 0 aliphatic carbocycles. The number of rotatable bonds is 4. The molecule has 0 spiro atoms. The molecule has 0 atom stereocenters. The van der Waals surface area contributed by atoms with Gasteiger partial charge in [-0.15, -0.1) is 0 Å². The maximum absolute atomic E-state index is 11.9. The highest BCUT2D eigenvalue weighted by atomic mass is 35.5. The molecule has 5 heteroatoms. The summed E-state index contributed by atoms with van der Waals surface area (Å²) in [4.78, 5) is 13.9. The molecule has 0 saturated carbocycles. The molecular weight excluding hydrogens is 264 g/mol. The van der Waals surface area contributed by atoms with E-state index in [1.165, 1.54) is 7.11 Å². The van der Waals surface area contributed by atoms with Crippen LogP contribution in [0.25, 0.3) is 0 Å². The Morgan fingerprint density at radius 3 is 2.53 bits per heavy atom. The van der Waals surface area contributed by atoms with Crippen LogP contribution in [-0.4, -0.2) is 25.7 Å². The quantitative estimate of drug-likeness (QED) is 0.681. The molecule has 19 heavy (non-hydrogen) atoms. The molecule has 0 fully saturated rings. The standard InChI is InChI=1S/C14H21ClN2O2/c1-6-14(2,3)17(4)12-10(13(18)19-5)7-9(16)8-11(12)15/h7-8H,6,16H2,1-5H3. The van der Waals surface area contributed by atoms with Gasteiger partial charge in [0.15, 0.2) is 0 Å². The maximum atomic E-state index is 11.9. The van der Waals surface area contributed by atoms with Gasteiger partial charge in [0.1, 0.15) is 0 Å². The van der Waals surface area contributed by atoms with E-state index < -0.39 is 5.97 Å². The lowest BCUT2D eigenvalue weighted by Crippen LogP contribution is -2.41. The van der Waals surface area contributed by atoms with Crippen LogP contribution in [0.4, 0.5) is 11.4 Å². The third-order valence-corrected chi connectivity index (χ3v) is 3.89. The third-order valence-electron chi connectivity index (χ3n) is 3.60. The molecule has 0 aliphatic heterocycles. The second-order valence-corrected chi connectivity index (χ2v) is 5.52. The second kappa shape index (κ2) is 5.70. The number of halogens is 1. The molecule has 0 bridgehead atoms. The number of anilines is 2. The number of ether oxygens (including phenoxy) is 1. The minimum absolute atomic E-state index is 0.136. The minimum atomic E-state index is -0.442. The first-order chi connectivity index (χ1) is 8.74. The van der Waals surface area contributed by atoms with E-state index in [-0.39, 0.29) is 5.54 Å². The van der Waals surface area contributed by atoms with Gasteiger partial charge >= 0.3 is 5.97 Å².